The van der Waals surface area contributed by atoms with Crippen molar-refractivity contribution in [2.24, 2.45) is 0 Å². The number of rotatable bonds is 9. The van der Waals surface area contributed by atoms with Gasteiger partial charge in [0.05, 0.1) is 11.9 Å². The van der Waals surface area contributed by atoms with Crippen LogP contribution in [-0.4, -0.2) is 50.5 Å². The Hall–Kier alpha value is -2.58. The number of carbonyl (C=O) groups excluding carboxylic acids is 2. The highest BCUT2D eigenvalue weighted by molar-refractivity contribution is 7.92. The molecule has 9 heteroatoms. The third kappa shape index (κ3) is 6.97. The summed E-state index contributed by atoms with van der Waals surface area (Å²) in [7, 11) is -3.75. The fourth-order valence-electron chi connectivity index (χ4n) is 3.44. The van der Waals surface area contributed by atoms with Gasteiger partial charge in [-0.3, -0.25) is 13.9 Å². The summed E-state index contributed by atoms with van der Waals surface area (Å²) in [5.41, 5.74) is 2.91. The molecule has 0 saturated heterocycles. The minimum atomic E-state index is -3.75. The number of aryl methyl sites for hydroxylation is 2. The van der Waals surface area contributed by atoms with Crippen molar-refractivity contribution in [3.8, 4) is 0 Å². The molecule has 0 aliphatic rings. The van der Waals surface area contributed by atoms with Crippen LogP contribution in [0.25, 0.3) is 0 Å². The second-order valence-corrected chi connectivity index (χ2v) is 10.2. The highest BCUT2D eigenvalue weighted by Gasteiger charge is 2.30. The highest BCUT2D eigenvalue weighted by atomic mass is 35.5. The number of hydrogen-bond donors (Lipinski definition) is 1. The van der Waals surface area contributed by atoms with Crippen molar-refractivity contribution in [3.05, 3.63) is 64.2 Å². The van der Waals surface area contributed by atoms with Crippen molar-refractivity contribution in [3.63, 3.8) is 0 Å². The summed E-state index contributed by atoms with van der Waals surface area (Å²) in [4.78, 5) is 27.3. The maximum absolute atomic E-state index is 13.4. The van der Waals surface area contributed by atoms with E-state index in [1.807, 2.05) is 19.9 Å². The number of anilines is 1. The van der Waals surface area contributed by atoms with Crippen molar-refractivity contribution >= 4 is 39.1 Å². The molecule has 2 amide bonds. The third-order valence-corrected chi connectivity index (χ3v) is 6.31. The summed E-state index contributed by atoms with van der Waals surface area (Å²) in [6.45, 7) is 7.24. The number of likely N-dealkylation sites (N-methyl/N-ethyl adjacent to an activating group) is 1. The number of amides is 2. The summed E-state index contributed by atoms with van der Waals surface area (Å²) in [5.74, 6) is -0.812. The number of carbonyl (C=O) groups is 2. The van der Waals surface area contributed by atoms with E-state index in [9.17, 15) is 18.0 Å². The van der Waals surface area contributed by atoms with E-state index in [4.69, 9.17) is 11.6 Å². The lowest BCUT2D eigenvalue weighted by molar-refractivity contribution is -0.139. The van der Waals surface area contributed by atoms with Crippen LogP contribution in [-0.2, 0) is 26.2 Å². The Bertz CT molecular complexity index is 1070. The van der Waals surface area contributed by atoms with Gasteiger partial charge in [0, 0.05) is 18.1 Å². The molecule has 0 heterocycles. The Balaban J connectivity index is 2.42. The lowest BCUT2D eigenvalue weighted by Crippen LogP contribution is -2.51. The molecule has 0 saturated carbocycles. The summed E-state index contributed by atoms with van der Waals surface area (Å²) >= 11 is 6.08. The second kappa shape index (κ2) is 10.8. The lowest BCUT2D eigenvalue weighted by Gasteiger charge is -2.31. The lowest BCUT2D eigenvalue weighted by atomic mass is 10.1. The first-order valence-electron chi connectivity index (χ1n) is 10.3. The molecule has 2 rings (SSSR count). The first-order chi connectivity index (χ1) is 14.9. The van der Waals surface area contributed by atoms with Crippen LogP contribution in [0.15, 0.2) is 42.5 Å². The van der Waals surface area contributed by atoms with Gasteiger partial charge < -0.3 is 10.2 Å². The van der Waals surface area contributed by atoms with Crippen LogP contribution in [0.4, 0.5) is 5.69 Å². The number of hydrogen-bond acceptors (Lipinski definition) is 4. The topological polar surface area (TPSA) is 86.8 Å². The van der Waals surface area contributed by atoms with Crippen LogP contribution < -0.4 is 9.62 Å². The Kier molecular flexibility index (Phi) is 8.69. The van der Waals surface area contributed by atoms with Crippen LogP contribution in [0.2, 0.25) is 5.02 Å². The quantitative estimate of drug-likeness (QED) is 0.598. The van der Waals surface area contributed by atoms with E-state index in [0.29, 0.717) is 17.3 Å². The minimum Gasteiger partial charge on any atom is -0.355 e. The molecule has 32 heavy (non-hydrogen) atoms. The Morgan fingerprint density at radius 1 is 1.09 bits per heavy atom. The van der Waals surface area contributed by atoms with Gasteiger partial charge in [-0.15, -0.1) is 0 Å². The first-order valence-corrected chi connectivity index (χ1v) is 12.5. The standard InChI is InChI=1S/C23H30ClN3O4S/c1-6-25-23(29)18(4)26(14-19-8-7-9-20(24)13-19)22(28)15-27(32(5,30)31)21-11-16(2)10-17(3)12-21/h7-13,18H,6,14-15H2,1-5H3,(H,25,29)/t18-/m0/s1. The van der Waals surface area contributed by atoms with Gasteiger partial charge in [0.15, 0.2) is 0 Å². The molecule has 2 aromatic carbocycles. The summed E-state index contributed by atoms with van der Waals surface area (Å²) in [5, 5.41) is 3.23. The average Bonchev–Trinajstić information content (AvgIpc) is 2.68. The van der Waals surface area contributed by atoms with Crippen molar-refractivity contribution in [2.45, 2.75) is 40.3 Å². The molecule has 0 bridgehead atoms. The molecule has 2 aromatic rings. The number of nitrogens with one attached hydrogen (secondary N) is 1. The molecule has 0 aromatic heterocycles. The van der Waals surface area contributed by atoms with Gasteiger partial charge in [-0.05, 0) is 68.7 Å². The predicted molar refractivity (Wildman–Crippen MR) is 128 cm³/mol. The average molecular weight is 480 g/mol. The third-order valence-electron chi connectivity index (χ3n) is 4.93. The van der Waals surface area contributed by atoms with Crippen molar-refractivity contribution in [2.75, 3.05) is 23.7 Å². The van der Waals surface area contributed by atoms with Crippen molar-refractivity contribution in [1.82, 2.24) is 10.2 Å². The number of sulfonamides is 1. The molecular weight excluding hydrogens is 450 g/mol. The zero-order valence-corrected chi connectivity index (χ0v) is 20.6. The molecule has 1 atom stereocenters. The van der Waals surface area contributed by atoms with Gasteiger partial charge >= 0.3 is 0 Å². The predicted octanol–water partition coefficient (Wildman–Crippen LogP) is 3.28. The highest BCUT2D eigenvalue weighted by Crippen LogP contribution is 2.22. The van der Waals surface area contributed by atoms with Crippen LogP contribution in [0, 0.1) is 13.8 Å². The summed E-state index contributed by atoms with van der Waals surface area (Å²) < 4.78 is 26.2. The zero-order chi connectivity index (χ0) is 24.1. The van der Waals surface area contributed by atoms with Gasteiger partial charge in [-0.2, -0.15) is 0 Å². The van der Waals surface area contributed by atoms with Gasteiger partial charge in [0.2, 0.25) is 21.8 Å². The molecule has 0 spiro atoms. The van der Waals surface area contributed by atoms with Crippen LogP contribution >= 0.6 is 11.6 Å². The van der Waals surface area contributed by atoms with E-state index in [2.05, 4.69) is 5.32 Å². The molecule has 0 unspecified atom stereocenters. The van der Waals surface area contributed by atoms with Gasteiger partial charge in [0.1, 0.15) is 12.6 Å². The number of halogens is 1. The van der Waals surface area contributed by atoms with Gasteiger partial charge in [0.25, 0.3) is 0 Å². The smallest absolute Gasteiger partial charge is 0.244 e. The Morgan fingerprint density at radius 3 is 2.25 bits per heavy atom. The summed E-state index contributed by atoms with van der Waals surface area (Å²) in [6.07, 6.45) is 1.06. The molecule has 0 radical (unpaired) electrons. The van der Waals surface area contributed by atoms with E-state index in [1.165, 1.54) is 4.90 Å². The Labute approximate surface area is 195 Å². The van der Waals surface area contributed by atoms with E-state index in [0.717, 1.165) is 27.3 Å². The maximum Gasteiger partial charge on any atom is 0.244 e. The van der Waals surface area contributed by atoms with E-state index < -0.39 is 28.5 Å². The van der Waals surface area contributed by atoms with Crippen LogP contribution in [0.1, 0.15) is 30.5 Å². The van der Waals surface area contributed by atoms with Crippen LogP contribution in [0.3, 0.4) is 0 Å². The van der Waals surface area contributed by atoms with E-state index in [-0.39, 0.29) is 12.5 Å². The van der Waals surface area contributed by atoms with E-state index >= 15 is 0 Å². The van der Waals surface area contributed by atoms with Gasteiger partial charge in [-0.25, -0.2) is 8.42 Å². The molecule has 0 aliphatic heterocycles. The molecule has 0 aliphatic carbocycles. The number of nitrogens with zero attached hydrogens (tertiary/aromatic N) is 2. The van der Waals surface area contributed by atoms with Crippen molar-refractivity contribution in [1.29, 1.82) is 0 Å². The fourth-order valence-corrected chi connectivity index (χ4v) is 4.49. The summed E-state index contributed by atoms with van der Waals surface area (Å²) in [6, 6.07) is 11.5. The second-order valence-electron chi connectivity index (χ2n) is 7.84. The Morgan fingerprint density at radius 2 is 1.72 bits per heavy atom. The number of benzene rings is 2. The van der Waals surface area contributed by atoms with Crippen molar-refractivity contribution < 1.29 is 18.0 Å². The first kappa shape index (κ1) is 25.7. The van der Waals surface area contributed by atoms with Gasteiger partial charge in [-0.1, -0.05) is 29.8 Å². The SMILES string of the molecule is CCNC(=O)[C@H](C)N(Cc1cccc(Cl)c1)C(=O)CN(c1cc(C)cc(C)c1)S(C)(=O)=O. The van der Waals surface area contributed by atoms with Crippen LogP contribution in [0.5, 0.6) is 0 Å². The zero-order valence-electron chi connectivity index (χ0n) is 19.1. The normalized spacial score (nSPS) is 12.2. The minimum absolute atomic E-state index is 0.113. The molecular formula is C23H30ClN3O4S. The molecule has 174 valence electrons. The maximum atomic E-state index is 13.4. The largest absolute Gasteiger partial charge is 0.355 e. The monoisotopic (exact) mass is 479 g/mol. The molecule has 7 nitrogen and oxygen atoms in total. The molecule has 0 fully saturated rings. The molecule has 1 N–H and O–H groups in total. The van der Waals surface area contributed by atoms with E-state index in [1.54, 1.807) is 50.2 Å². The fraction of sp³-hybridized carbons (Fsp3) is 0.391.